The van der Waals surface area contributed by atoms with Crippen LogP contribution in [0.25, 0.3) is 0 Å². The molecule has 2 amide bonds. The molecule has 35 heavy (non-hydrogen) atoms. The van der Waals surface area contributed by atoms with Gasteiger partial charge in [0.15, 0.2) is 0 Å². The Morgan fingerprint density at radius 3 is 2.03 bits per heavy atom. The van der Waals surface area contributed by atoms with Crippen LogP contribution in [-0.4, -0.2) is 34.8 Å². The number of aliphatic hydroxyl groups is 1. The van der Waals surface area contributed by atoms with Gasteiger partial charge in [0.25, 0.3) is 5.91 Å². The number of alkyl carbamates (subject to hydrolysis) is 1. The second kappa shape index (κ2) is 12.2. The molecule has 3 rings (SSSR count). The molecule has 3 N–H and O–H groups in total. The molecule has 0 saturated carbocycles. The number of rotatable bonds is 9. The average Bonchev–Trinajstić information content (AvgIpc) is 2.83. The Morgan fingerprint density at radius 2 is 1.40 bits per heavy atom. The molecule has 0 bridgehead atoms. The van der Waals surface area contributed by atoms with E-state index in [4.69, 9.17) is 4.74 Å². The summed E-state index contributed by atoms with van der Waals surface area (Å²) in [6.45, 7) is 5.90. The van der Waals surface area contributed by atoms with Crippen molar-refractivity contribution in [1.82, 2.24) is 10.6 Å². The number of nitrogens with one attached hydrogen (secondary N) is 2. The number of carbonyl (C=O) groups excluding carboxylic acids is 2. The van der Waals surface area contributed by atoms with E-state index < -0.39 is 18.2 Å². The maximum absolute atomic E-state index is 12.8. The Morgan fingerprint density at radius 1 is 0.829 bits per heavy atom. The first-order valence-corrected chi connectivity index (χ1v) is 11.8. The van der Waals surface area contributed by atoms with Crippen molar-refractivity contribution in [2.24, 2.45) is 0 Å². The number of benzene rings is 3. The topological polar surface area (TPSA) is 87.7 Å². The van der Waals surface area contributed by atoms with Crippen molar-refractivity contribution in [3.05, 3.63) is 107 Å². The molecule has 0 aliphatic heterocycles. The zero-order valence-electron chi connectivity index (χ0n) is 20.5. The van der Waals surface area contributed by atoms with Gasteiger partial charge in [0.05, 0.1) is 12.1 Å². The lowest BCUT2D eigenvalue weighted by atomic mass is 9.93. The molecule has 3 aromatic carbocycles. The van der Waals surface area contributed by atoms with Crippen molar-refractivity contribution in [3.8, 4) is 0 Å². The van der Waals surface area contributed by atoms with E-state index in [9.17, 15) is 14.7 Å². The van der Waals surface area contributed by atoms with Crippen molar-refractivity contribution in [2.45, 2.75) is 57.9 Å². The van der Waals surface area contributed by atoms with E-state index in [1.165, 1.54) is 0 Å². The number of hydrogen-bond acceptors (Lipinski definition) is 4. The van der Waals surface area contributed by atoms with Gasteiger partial charge in [-0.3, -0.25) is 4.79 Å². The van der Waals surface area contributed by atoms with Crippen molar-refractivity contribution in [2.75, 3.05) is 0 Å². The summed E-state index contributed by atoms with van der Waals surface area (Å²) in [6, 6.07) is 25.7. The molecule has 0 unspecified atom stereocenters. The maximum Gasteiger partial charge on any atom is 0.407 e. The van der Waals surface area contributed by atoms with Gasteiger partial charge >= 0.3 is 6.09 Å². The summed E-state index contributed by atoms with van der Waals surface area (Å²) >= 11 is 0. The van der Waals surface area contributed by atoms with E-state index in [0.29, 0.717) is 17.5 Å². The second-order valence-electron chi connectivity index (χ2n) is 9.64. The van der Waals surface area contributed by atoms with Crippen LogP contribution in [0.1, 0.15) is 47.8 Å². The highest BCUT2D eigenvalue weighted by atomic mass is 16.5. The molecule has 0 heterocycles. The molecule has 0 saturated heterocycles. The van der Waals surface area contributed by atoms with Gasteiger partial charge in [-0.1, -0.05) is 78.9 Å². The lowest BCUT2D eigenvalue weighted by Crippen LogP contribution is -2.46. The molecule has 0 aliphatic carbocycles. The molecular weight excluding hydrogens is 440 g/mol. The van der Waals surface area contributed by atoms with Crippen LogP contribution in [0.3, 0.4) is 0 Å². The molecule has 6 heteroatoms. The van der Waals surface area contributed by atoms with Crippen LogP contribution >= 0.6 is 0 Å². The number of hydrogen-bond donors (Lipinski definition) is 3. The van der Waals surface area contributed by atoms with Crippen LogP contribution < -0.4 is 10.6 Å². The number of amides is 2. The maximum atomic E-state index is 12.8. The molecule has 2 atom stereocenters. The van der Waals surface area contributed by atoms with Crippen molar-refractivity contribution < 1.29 is 19.4 Å². The van der Waals surface area contributed by atoms with Crippen molar-refractivity contribution in [3.63, 3.8) is 0 Å². The summed E-state index contributed by atoms with van der Waals surface area (Å²) in [5, 5.41) is 17.0. The molecule has 0 radical (unpaired) electrons. The Bertz CT molecular complexity index is 1090. The minimum atomic E-state index is -0.942. The third-order valence-corrected chi connectivity index (χ3v) is 5.46. The van der Waals surface area contributed by atoms with Gasteiger partial charge in [0, 0.05) is 17.5 Å². The minimum absolute atomic E-state index is 0.136. The molecule has 0 aliphatic rings. The fourth-order valence-corrected chi connectivity index (χ4v) is 3.76. The Labute approximate surface area is 207 Å². The van der Waals surface area contributed by atoms with Crippen LogP contribution in [0.2, 0.25) is 0 Å². The smallest absolute Gasteiger partial charge is 0.407 e. The quantitative estimate of drug-likeness (QED) is 0.421. The first-order valence-electron chi connectivity index (χ1n) is 11.8. The van der Waals surface area contributed by atoms with Crippen LogP contribution in [0.15, 0.2) is 84.9 Å². The fourth-order valence-electron chi connectivity index (χ4n) is 3.76. The predicted octanol–water partition coefficient (Wildman–Crippen LogP) is 4.66. The number of carbonyl (C=O) groups is 2. The van der Waals surface area contributed by atoms with Crippen LogP contribution in [-0.2, 0) is 24.2 Å². The SMILES string of the molecule is CC(C)(C)NC(=O)c1ccccc1C[C@@H](O)[C@H](Cc1ccccc1)NC(=O)OCc1ccccc1. The molecule has 3 aromatic rings. The summed E-state index contributed by atoms with van der Waals surface area (Å²) in [6.07, 6.45) is -0.932. The summed E-state index contributed by atoms with van der Waals surface area (Å²) < 4.78 is 5.39. The monoisotopic (exact) mass is 474 g/mol. The first kappa shape index (κ1) is 26.0. The molecule has 0 spiro atoms. The lowest BCUT2D eigenvalue weighted by molar-refractivity contribution is 0.0910. The molecule has 0 aromatic heterocycles. The van der Waals surface area contributed by atoms with E-state index in [1.54, 1.807) is 12.1 Å². The van der Waals surface area contributed by atoms with Crippen molar-refractivity contribution >= 4 is 12.0 Å². The zero-order chi connectivity index (χ0) is 25.3. The fraction of sp³-hybridized carbons (Fsp3) is 0.310. The van der Waals surface area contributed by atoms with E-state index in [0.717, 1.165) is 11.1 Å². The Hall–Kier alpha value is -3.64. The van der Waals surface area contributed by atoms with Crippen LogP contribution in [0.4, 0.5) is 4.79 Å². The predicted molar refractivity (Wildman–Crippen MR) is 137 cm³/mol. The Balaban J connectivity index is 1.74. The van der Waals surface area contributed by atoms with E-state index >= 15 is 0 Å². The highest BCUT2D eigenvalue weighted by Gasteiger charge is 2.25. The molecule has 6 nitrogen and oxygen atoms in total. The largest absolute Gasteiger partial charge is 0.445 e. The van der Waals surface area contributed by atoms with Gasteiger partial charge in [-0.2, -0.15) is 0 Å². The van der Waals surface area contributed by atoms with Gasteiger partial charge in [-0.05, 0) is 49.9 Å². The van der Waals surface area contributed by atoms with Gasteiger partial charge in [0.1, 0.15) is 6.61 Å². The normalized spacial score (nSPS) is 12.9. The summed E-state index contributed by atoms with van der Waals surface area (Å²) in [5.41, 5.74) is 2.68. The third kappa shape index (κ3) is 8.58. The van der Waals surface area contributed by atoms with Gasteiger partial charge < -0.3 is 20.5 Å². The zero-order valence-corrected chi connectivity index (χ0v) is 20.5. The standard InChI is InChI=1S/C29H34N2O4/c1-29(2,3)31-27(33)24-17-11-10-16-23(24)19-26(32)25(18-21-12-6-4-7-13-21)30-28(34)35-20-22-14-8-5-9-15-22/h4-17,25-26,32H,18-20H2,1-3H3,(H,30,34)(H,31,33)/t25-,26+/m0/s1. The summed E-state index contributed by atoms with van der Waals surface area (Å²) in [5.74, 6) is -0.199. The average molecular weight is 475 g/mol. The lowest BCUT2D eigenvalue weighted by Gasteiger charge is -2.26. The van der Waals surface area contributed by atoms with Gasteiger partial charge in [-0.15, -0.1) is 0 Å². The van der Waals surface area contributed by atoms with Crippen molar-refractivity contribution in [1.29, 1.82) is 0 Å². The highest BCUT2D eigenvalue weighted by molar-refractivity contribution is 5.96. The molecule has 184 valence electrons. The first-order chi connectivity index (χ1) is 16.7. The van der Waals surface area contributed by atoms with Gasteiger partial charge in [-0.25, -0.2) is 4.79 Å². The molecular formula is C29H34N2O4. The number of ether oxygens (including phenoxy) is 1. The highest BCUT2D eigenvalue weighted by Crippen LogP contribution is 2.17. The van der Waals surface area contributed by atoms with E-state index in [1.807, 2.05) is 93.6 Å². The minimum Gasteiger partial charge on any atom is -0.445 e. The van der Waals surface area contributed by atoms with Gasteiger partial charge in [0.2, 0.25) is 0 Å². The molecule has 0 fully saturated rings. The summed E-state index contributed by atoms with van der Waals surface area (Å²) in [4.78, 5) is 25.4. The second-order valence-corrected chi connectivity index (χ2v) is 9.64. The van der Waals surface area contributed by atoms with Crippen LogP contribution in [0, 0.1) is 0 Å². The summed E-state index contributed by atoms with van der Waals surface area (Å²) in [7, 11) is 0. The Kier molecular flexibility index (Phi) is 9.04. The van der Waals surface area contributed by atoms with E-state index in [-0.39, 0.29) is 24.5 Å². The van der Waals surface area contributed by atoms with Crippen LogP contribution in [0.5, 0.6) is 0 Å². The number of aliphatic hydroxyl groups excluding tert-OH is 1. The third-order valence-electron chi connectivity index (χ3n) is 5.46. The van der Waals surface area contributed by atoms with E-state index in [2.05, 4.69) is 10.6 Å².